The predicted octanol–water partition coefficient (Wildman–Crippen LogP) is 3.87. The Balaban J connectivity index is 2.08. The molecule has 7 nitrogen and oxygen atoms in total. The molecule has 1 aliphatic rings. The number of rotatable bonds is 4. The maximum atomic E-state index is 12.8. The number of carbonyl (C=O) groups excluding carboxylic acids is 3. The average molecular weight is 424 g/mol. The molecule has 0 spiro atoms. The Labute approximate surface area is 182 Å². The first-order valence-electron chi connectivity index (χ1n) is 10.6. The number of ether oxygens (including phenoxy) is 2. The van der Waals surface area contributed by atoms with Crippen molar-refractivity contribution in [2.24, 2.45) is 5.92 Å². The van der Waals surface area contributed by atoms with Crippen molar-refractivity contribution in [3.8, 4) is 11.1 Å². The molecule has 0 fully saturated rings. The van der Waals surface area contributed by atoms with E-state index in [-0.39, 0.29) is 30.2 Å². The predicted molar refractivity (Wildman–Crippen MR) is 116 cm³/mol. The SMILES string of the molecule is CCOC(=O)C1CCCC(C)C(=O)Nc2cc(CC(=O)OC)ccc2-c2ccnc1c2. The minimum atomic E-state index is -0.475. The van der Waals surface area contributed by atoms with Crippen LogP contribution < -0.4 is 5.32 Å². The van der Waals surface area contributed by atoms with Crippen molar-refractivity contribution in [1.29, 1.82) is 0 Å². The summed E-state index contributed by atoms with van der Waals surface area (Å²) in [6.07, 6.45) is 3.68. The van der Waals surface area contributed by atoms with Crippen LogP contribution in [-0.4, -0.2) is 36.5 Å². The van der Waals surface area contributed by atoms with Gasteiger partial charge in [0.05, 0.1) is 31.7 Å². The summed E-state index contributed by atoms with van der Waals surface area (Å²) in [5.41, 5.74) is 3.63. The molecule has 1 N–H and O–H groups in total. The van der Waals surface area contributed by atoms with Crippen molar-refractivity contribution >= 4 is 23.5 Å². The smallest absolute Gasteiger partial charge is 0.315 e. The quantitative estimate of drug-likeness (QED) is 0.749. The van der Waals surface area contributed by atoms with E-state index in [0.717, 1.165) is 16.7 Å². The normalized spacial score (nSPS) is 18.6. The molecule has 3 rings (SSSR count). The molecule has 2 unspecified atom stereocenters. The van der Waals surface area contributed by atoms with Crippen molar-refractivity contribution in [2.75, 3.05) is 19.0 Å². The molecule has 2 heterocycles. The molecule has 1 amide bonds. The van der Waals surface area contributed by atoms with Crippen LogP contribution in [0.3, 0.4) is 0 Å². The third kappa shape index (κ3) is 5.48. The Bertz CT molecular complexity index is 972. The van der Waals surface area contributed by atoms with Gasteiger partial charge >= 0.3 is 11.9 Å². The van der Waals surface area contributed by atoms with E-state index in [2.05, 4.69) is 10.3 Å². The highest BCUT2D eigenvalue weighted by Gasteiger charge is 2.26. The fourth-order valence-corrected chi connectivity index (χ4v) is 3.75. The molecular formula is C24H28N2O5. The van der Waals surface area contributed by atoms with Crippen LogP contribution in [0.15, 0.2) is 36.5 Å². The molecule has 1 aliphatic heterocycles. The molecule has 1 aromatic heterocycles. The Morgan fingerprint density at radius 2 is 2.00 bits per heavy atom. The van der Waals surface area contributed by atoms with Crippen molar-refractivity contribution in [3.63, 3.8) is 0 Å². The van der Waals surface area contributed by atoms with Gasteiger partial charge in [0, 0.05) is 23.4 Å². The minimum Gasteiger partial charge on any atom is -0.469 e. The first-order chi connectivity index (χ1) is 14.9. The Hall–Kier alpha value is -3.22. The topological polar surface area (TPSA) is 94.6 Å². The monoisotopic (exact) mass is 424 g/mol. The standard InChI is InChI=1S/C24H28N2O5/c1-4-31-24(29)19-7-5-6-15(2)23(28)26-21-12-16(13-22(27)30-3)8-9-18(21)17-10-11-25-20(19)14-17/h8-12,14-15,19H,4-7,13H2,1-3H3,(H,26,28). The third-order valence-corrected chi connectivity index (χ3v) is 5.52. The second kappa shape index (κ2) is 10.2. The number of hydrogen-bond donors (Lipinski definition) is 1. The van der Waals surface area contributed by atoms with Crippen molar-refractivity contribution in [3.05, 3.63) is 47.8 Å². The van der Waals surface area contributed by atoms with Crippen molar-refractivity contribution in [2.45, 2.75) is 45.4 Å². The van der Waals surface area contributed by atoms with Crippen LogP contribution in [-0.2, 0) is 30.3 Å². The fourth-order valence-electron chi connectivity index (χ4n) is 3.75. The number of pyridine rings is 1. The number of methoxy groups -OCH3 is 1. The number of carbonyl (C=O) groups is 3. The summed E-state index contributed by atoms with van der Waals surface area (Å²) < 4.78 is 10.0. The van der Waals surface area contributed by atoms with Crippen LogP contribution in [0.25, 0.3) is 11.1 Å². The lowest BCUT2D eigenvalue weighted by atomic mass is 9.91. The van der Waals surface area contributed by atoms with E-state index in [1.54, 1.807) is 19.2 Å². The highest BCUT2D eigenvalue weighted by Crippen LogP contribution is 2.33. The number of amides is 1. The van der Waals surface area contributed by atoms with Crippen LogP contribution in [0.1, 0.15) is 50.3 Å². The zero-order valence-corrected chi connectivity index (χ0v) is 18.1. The van der Waals surface area contributed by atoms with Gasteiger partial charge in [0.1, 0.15) is 0 Å². The number of fused-ring (bicyclic) bond motifs is 4. The van der Waals surface area contributed by atoms with E-state index in [9.17, 15) is 14.4 Å². The highest BCUT2D eigenvalue weighted by atomic mass is 16.5. The number of benzene rings is 1. The lowest BCUT2D eigenvalue weighted by Gasteiger charge is -2.20. The molecule has 2 atom stereocenters. The van der Waals surface area contributed by atoms with Gasteiger partial charge in [-0.1, -0.05) is 25.5 Å². The van der Waals surface area contributed by atoms with Gasteiger partial charge in [-0.3, -0.25) is 19.4 Å². The van der Waals surface area contributed by atoms with E-state index >= 15 is 0 Å². The van der Waals surface area contributed by atoms with E-state index in [0.29, 0.717) is 37.3 Å². The highest BCUT2D eigenvalue weighted by molar-refractivity contribution is 5.97. The van der Waals surface area contributed by atoms with Crippen molar-refractivity contribution in [1.82, 2.24) is 4.98 Å². The van der Waals surface area contributed by atoms with Crippen LogP contribution in [0.4, 0.5) is 5.69 Å². The first-order valence-corrected chi connectivity index (χ1v) is 10.6. The van der Waals surface area contributed by atoms with E-state index in [1.165, 1.54) is 7.11 Å². The van der Waals surface area contributed by atoms with Gasteiger partial charge in [-0.05, 0) is 49.1 Å². The number of anilines is 1. The molecule has 2 aromatic rings. The molecule has 164 valence electrons. The number of aromatic nitrogens is 1. The maximum Gasteiger partial charge on any atom is 0.315 e. The second-order valence-electron chi connectivity index (χ2n) is 7.73. The summed E-state index contributed by atoms with van der Waals surface area (Å²) in [6.45, 7) is 3.96. The first kappa shape index (κ1) is 22.5. The zero-order valence-electron chi connectivity index (χ0n) is 18.1. The molecular weight excluding hydrogens is 396 g/mol. The lowest BCUT2D eigenvalue weighted by molar-refractivity contribution is -0.145. The van der Waals surface area contributed by atoms with Gasteiger partial charge in [-0.25, -0.2) is 0 Å². The molecule has 2 bridgehead atoms. The van der Waals surface area contributed by atoms with Gasteiger partial charge < -0.3 is 14.8 Å². The van der Waals surface area contributed by atoms with E-state index in [4.69, 9.17) is 9.47 Å². The maximum absolute atomic E-state index is 12.8. The summed E-state index contributed by atoms with van der Waals surface area (Å²) in [4.78, 5) is 41.6. The zero-order chi connectivity index (χ0) is 22.4. The van der Waals surface area contributed by atoms with Gasteiger partial charge in [0.25, 0.3) is 0 Å². The molecule has 7 heteroatoms. The van der Waals surface area contributed by atoms with E-state index < -0.39 is 5.92 Å². The summed E-state index contributed by atoms with van der Waals surface area (Å²) in [5.74, 6) is -1.45. The van der Waals surface area contributed by atoms with Crippen molar-refractivity contribution < 1.29 is 23.9 Å². The molecule has 0 saturated heterocycles. The largest absolute Gasteiger partial charge is 0.469 e. The number of nitrogens with one attached hydrogen (secondary N) is 1. The van der Waals surface area contributed by atoms with Crippen LogP contribution in [0, 0.1) is 5.92 Å². The molecule has 1 aromatic carbocycles. The summed E-state index contributed by atoms with van der Waals surface area (Å²) in [6, 6.07) is 9.21. The van der Waals surface area contributed by atoms with E-state index in [1.807, 2.05) is 31.2 Å². The molecule has 0 radical (unpaired) electrons. The Morgan fingerprint density at radius 1 is 1.19 bits per heavy atom. The van der Waals surface area contributed by atoms with Gasteiger partial charge in [-0.2, -0.15) is 0 Å². The lowest BCUT2D eigenvalue weighted by Crippen LogP contribution is -2.22. The molecule has 0 aliphatic carbocycles. The summed E-state index contributed by atoms with van der Waals surface area (Å²) >= 11 is 0. The third-order valence-electron chi connectivity index (χ3n) is 5.52. The van der Waals surface area contributed by atoms with Crippen LogP contribution in [0.5, 0.6) is 0 Å². The molecule has 0 saturated carbocycles. The van der Waals surface area contributed by atoms with Gasteiger partial charge in [0.2, 0.25) is 5.91 Å². The summed E-state index contributed by atoms with van der Waals surface area (Å²) in [5, 5.41) is 3.02. The Morgan fingerprint density at radius 3 is 2.74 bits per heavy atom. The number of hydrogen-bond acceptors (Lipinski definition) is 6. The number of esters is 2. The van der Waals surface area contributed by atoms with Crippen LogP contribution in [0.2, 0.25) is 0 Å². The van der Waals surface area contributed by atoms with Gasteiger partial charge in [-0.15, -0.1) is 0 Å². The Kier molecular flexibility index (Phi) is 7.39. The van der Waals surface area contributed by atoms with Crippen LogP contribution >= 0.6 is 0 Å². The molecule has 31 heavy (non-hydrogen) atoms. The minimum absolute atomic E-state index is 0.0981. The fraction of sp³-hybridized carbons (Fsp3) is 0.417. The summed E-state index contributed by atoms with van der Waals surface area (Å²) in [7, 11) is 1.35. The second-order valence-corrected chi connectivity index (χ2v) is 7.73. The van der Waals surface area contributed by atoms with Gasteiger partial charge in [0.15, 0.2) is 0 Å². The average Bonchev–Trinajstić information content (AvgIpc) is 2.76. The number of nitrogens with zero attached hydrogens (tertiary/aromatic N) is 1.